The van der Waals surface area contributed by atoms with Crippen molar-refractivity contribution in [2.75, 3.05) is 5.33 Å². The van der Waals surface area contributed by atoms with E-state index in [1.807, 2.05) is 6.92 Å². The van der Waals surface area contributed by atoms with Gasteiger partial charge in [-0.05, 0) is 23.4 Å². The monoisotopic (exact) mass is 260 g/mol. The first kappa shape index (κ1) is 12.4. The molecule has 0 saturated heterocycles. The summed E-state index contributed by atoms with van der Waals surface area (Å²) in [5.74, 6) is 0. The molecule has 1 atom stereocenters. The van der Waals surface area contributed by atoms with Crippen LogP contribution in [-0.2, 0) is 0 Å². The molecule has 0 saturated carbocycles. The Kier molecular flexibility index (Phi) is 4.70. The van der Waals surface area contributed by atoms with Gasteiger partial charge in [-0.25, -0.2) is 0 Å². The molecule has 0 N–H and O–H groups in total. The molecule has 0 amide bonds. The van der Waals surface area contributed by atoms with Gasteiger partial charge >= 0.3 is 5.38 Å². The summed E-state index contributed by atoms with van der Waals surface area (Å²) in [7, 11) is 0. The zero-order chi connectivity index (χ0) is 9.83. The van der Waals surface area contributed by atoms with E-state index in [2.05, 4.69) is 22.5 Å². The third-order valence-corrected chi connectivity index (χ3v) is 3.25. The van der Waals surface area contributed by atoms with Crippen molar-refractivity contribution in [3.8, 4) is 0 Å². The van der Waals surface area contributed by atoms with Crippen LogP contribution in [-0.4, -0.2) is 10.7 Å². The van der Waals surface area contributed by atoms with Gasteiger partial charge in [-0.3, -0.25) is 0 Å². The summed E-state index contributed by atoms with van der Waals surface area (Å²) in [5.41, 5.74) is -0.293. The van der Waals surface area contributed by atoms with Crippen LogP contribution in [0.25, 0.3) is 0 Å². The Morgan fingerprint density at radius 1 is 1.50 bits per heavy atom. The van der Waals surface area contributed by atoms with E-state index in [0.717, 1.165) is 0 Å². The summed E-state index contributed by atoms with van der Waals surface area (Å²) >= 11 is 8.01. The van der Waals surface area contributed by atoms with Crippen LogP contribution in [0.5, 0.6) is 0 Å². The van der Waals surface area contributed by atoms with E-state index in [4.69, 9.17) is 11.6 Å². The Morgan fingerprint density at radius 3 is 2.25 bits per heavy atom. The highest BCUT2D eigenvalue weighted by Gasteiger charge is 2.29. The molecule has 4 heteroatoms. The number of alkyl halides is 4. The maximum atomic E-state index is 12.2. The van der Waals surface area contributed by atoms with Crippen molar-refractivity contribution in [1.29, 1.82) is 0 Å². The molecule has 0 nitrogen and oxygen atoms in total. The van der Waals surface area contributed by atoms with Gasteiger partial charge in [0.2, 0.25) is 0 Å². The standard InChI is InChI=1S/C8H12BrClF2/c1-3-7(2,6-9)4-5-8(10,11)12/h3H,1,4-6H2,2H3. The third-order valence-electron chi connectivity index (χ3n) is 1.78. The minimum absolute atomic E-state index is 0.293. The zero-order valence-corrected chi connectivity index (χ0v) is 9.26. The molecular weight excluding hydrogens is 249 g/mol. The average molecular weight is 262 g/mol. The minimum Gasteiger partial charge on any atom is -0.188 e. The van der Waals surface area contributed by atoms with Gasteiger partial charge in [0.05, 0.1) is 0 Å². The smallest absolute Gasteiger partial charge is 0.188 e. The van der Waals surface area contributed by atoms with Crippen molar-refractivity contribution < 1.29 is 8.78 Å². The van der Waals surface area contributed by atoms with Gasteiger partial charge < -0.3 is 0 Å². The number of halogens is 4. The first-order chi connectivity index (χ1) is 5.33. The third kappa shape index (κ3) is 5.09. The van der Waals surface area contributed by atoms with Crippen molar-refractivity contribution in [1.82, 2.24) is 0 Å². The maximum absolute atomic E-state index is 12.2. The fourth-order valence-corrected chi connectivity index (χ4v) is 1.25. The summed E-state index contributed by atoms with van der Waals surface area (Å²) in [5, 5.41) is -2.47. The van der Waals surface area contributed by atoms with Crippen molar-refractivity contribution in [3.05, 3.63) is 12.7 Å². The van der Waals surface area contributed by atoms with Crippen molar-refractivity contribution in [2.24, 2.45) is 5.41 Å². The fourth-order valence-electron chi connectivity index (χ4n) is 0.651. The Labute approximate surface area is 85.1 Å². The highest BCUT2D eigenvalue weighted by atomic mass is 79.9. The molecule has 0 heterocycles. The lowest BCUT2D eigenvalue weighted by molar-refractivity contribution is 0.0750. The van der Waals surface area contributed by atoms with Gasteiger partial charge in [-0.1, -0.05) is 28.9 Å². The molecule has 0 fully saturated rings. The van der Waals surface area contributed by atoms with Crippen LogP contribution in [0.2, 0.25) is 0 Å². The van der Waals surface area contributed by atoms with Crippen LogP contribution in [0.4, 0.5) is 8.78 Å². The molecular formula is C8H12BrClF2. The molecule has 0 bridgehead atoms. The summed E-state index contributed by atoms with van der Waals surface area (Å²) in [4.78, 5) is 0. The maximum Gasteiger partial charge on any atom is 0.321 e. The molecule has 0 radical (unpaired) electrons. The van der Waals surface area contributed by atoms with Crippen LogP contribution in [0.3, 0.4) is 0 Å². The predicted octanol–water partition coefficient (Wildman–Crippen LogP) is 4.19. The molecule has 0 aromatic heterocycles. The molecule has 0 aromatic rings. The second-order valence-corrected chi connectivity index (χ2v) is 4.22. The van der Waals surface area contributed by atoms with Crippen LogP contribution in [0.15, 0.2) is 12.7 Å². The summed E-state index contributed by atoms with van der Waals surface area (Å²) < 4.78 is 24.5. The zero-order valence-electron chi connectivity index (χ0n) is 6.92. The molecule has 72 valence electrons. The summed E-state index contributed by atoms with van der Waals surface area (Å²) in [6, 6.07) is 0. The lowest BCUT2D eigenvalue weighted by Gasteiger charge is -2.23. The van der Waals surface area contributed by atoms with E-state index < -0.39 is 5.38 Å². The Morgan fingerprint density at radius 2 is 2.00 bits per heavy atom. The van der Waals surface area contributed by atoms with Gasteiger partial charge in [0.25, 0.3) is 0 Å². The Hall–Kier alpha value is 0.370. The van der Waals surface area contributed by atoms with Gasteiger partial charge in [0.15, 0.2) is 0 Å². The van der Waals surface area contributed by atoms with Crippen LogP contribution >= 0.6 is 27.5 Å². The second kappa shape index (κ2) is 4.56. The number of allylic oxidation sites excluding steroid dienone is 1. The summed E-state index contributed by atoms with van der Waals surface area (Å²) in [6.45, 7) is 5.44. The van der Waals surface area contributed by atoms with Crippen LogP contribution in [0.1, 0.15) is 19.8 Å². The Balaban J connectivity index is 3.98. The van der Waals surface area contributed by atoms with E-state index in [1.54, 1.807) is 6.08 Å². The second-order valence-electron chi connectivity index (χ2n) is 3.11. The highest BCUT2D eigenvalue weighted by molar-refractivity contribution is 9.09. The average Bonchev–Trinajstić information content (AvgIpc) is 1.99. The van der Waals surface area contributed by atoms with E-state index >= 15 is 0 Å². The largest absolute Gasteiger partial charge is 0.321 e. The quantitative estimate of drug-likeness (QED) is 0.514. The van der Waals surface area contributed by atoms with Gasteiger partial charge in [0, 0.05) is 11.8 Å². The van der Waals surface area contributed by atoms with Crippen molar-refractivity contribution in [3.63, 3.8) is 0 Å². The molecule has 12 heavy (non-hydrogen) atoms. The van der Waals surface area contributed by atoms with Crippen LogP contribution < -0.4 is 0 Å². The minimum atomic E-state index is -3.09. The first-order valence-electron chi connectivity index (χ1n) is 3.59. The molecule has 0 aromatic carbocycles. The van der Waals surface area contributed by atoms with Gasteiger partial charge in [0.1, 0.15) is 0 Å². The highest BCUT2D eigenvalue weighted by Crippen LogP contribution is 2.34. The molecule has 0 aliphatic rings. The lowest BCUT2D eigenvalue weighted by Crippen LogP contribution is -2.18. The molecule has 0 aliphatic carbocycles. The topological polar surface area (TPSA) is 0 Å². The first-order valence-corrected chi connectivity index (χ1v) is 5.09. The van der Waals surface area contributed by atoms with Crippen molar-refractivity contribution in [2.45, 2.75) is 25.1 Å². The van der Waals surface area contributed by atoms with E-state index in [0.29, 0.717) is 11.8 Å². The number of hydrogen-bond acceptors (Lipinski definition) is 0. The normalized spacial score (nSPS) is 17.1. The Bertz CT molecular complexity index is 156. The van der Waals surface area contributed by atoms with Gasteiger partial charge in [-0.15, -0.1) is 6.58 Å². The van der Waals surface area contributed by atoms with Gasteiger partial charge in [-0.2, -0.15) is 8.78 Å². The number of rotatable bonds is 5. The number of hydrogen-bond donors (Lipinski definition) is 0. The lowest BCUT2D eigenvalue weighted by atomic mass is 9.88. The SMILES string of the molecule is C=CC(C)(CBr)CCC(F)(F)Cl. The van der Waals surface area contributed by atoms with E-state index in [9.17, 15) is 8.78 Å². The molecule has 0 rings (SSSR count). The van der Waals surface area contributed by atoms with E-state index in [-0.39, 0.29) is 11.8 Å². The predicted molar refractivity (Wildman–Crippen MR) is 52.1 cm³/mol. The van der Waals surface area contributed by atoms with Crippen LogP contribution in [0, 0.1) is 5.41 Å². The van der Waals surface area contributed by atoms with E-state index in [1.165, 1.54) is 0 Å². The van der Waals surface area contributed by atoms with Crippen molar-refractivity contribution >= 4 is 27.5 Å². The summed E-state index contributed by atoms with van der Waals surface area (Å²) in [6.07, 6.45) is 1.69. The fraction of sp³-hybridized carbons (Fsp3) is 0.750. The molecule has 0 aliphatic heterocycles. The molecule has 1 unspecified atom stereocenters. The molecule has 0 spiro atoms.